The molecular formula is C17H17ClF2N4O3. The standard InChI is InChI=1S/C17H17ClF2N4O3/c1-9(12-5-13(18)17(22-7-12)27-8-14(19)20)23-16(26)11-3-4-21-15(6-11)24-10(2)25/h3-7,9,14H,8H2,1-2H3,(H,23,26)(H,21,24,25). The van der Waals surface area contributed by atoms with E-state index in [1.165, 1.54) is 37.5 Å². The predicted octanol–water partition coefficient (Wildman–Crippen LogP) is 3.22. The molecule has 7 nitrogen and oxygen atoms in total. The minimum Gasteiger partial charge on any atom is -0.471 e. The molecule has 2 heterocycles. The summed E-state index contributed by atoms with van der Waals surface area (Å²) in [6, 6.07) is 3.95. The van der Waals surface area contributed by atoms with Gasteiger partial charge in [-0.15, -0.1) is 0 Å². The fourth-order valence-electron chi connectivity index (χ4n) is 2.11. The maximum atomic E-state index is 12.4. The summed E-state index contributed by atoms with van der Waals surface area (Å²) in [7, 11) is 0. The van der Waals surface area contributed by atoms with Crippen molar-refractivity contribution in [2.75, 3.05) is 11.9 Å². The molecule has 0 spiro atoms. The summed E-state index contributed by atoms with van der Waals surface area (Å²) in [4.78, 5) is 31.3. The zero-order chi connectivity index (χ0) is 20.0. The zero-order valence-corrected chi connectivity index (χ0v) is 15.3. The van der Waals surface area contributed by atoms with Crippen LogP contribution in [0.25, 0.3) is 0 Å². The molecule has 2 amide bonds. The monoisotopic (exact) mass is 398 g/mol. The molecule has 0 saturated heterocycles. The van der Waals surface area contributed by atoms with Crippen LogP contribution >= 0.6 is 11.6 Å². The summed E-state index contributed by atoms with van der Waals surface area (Å²) in [6.45, 7) is 2.24. The van der Waals surface area contributed by atoms with Crippen LogP contribution in [0, 0.1) is 0 Å². The lowest BCUT2D eigenvalue weighted by molar-refractivity contribution is -0.114. The molecule has 27 heavy (non-hydrogen) atoms. The minimum absolute atomic E-state index is 0.0612. The summed E-state index contributed by atoms with van der Waals surface area (Å²) in [5.74, 6) is -0.546. The third-order valence-corrected chi connectivity index (χ3v) is 3.62. The van der Waals surface area contributed by atoms with Crippen molar-refractivity contribution in [2.45, 2.75) is 26.3 Å². The van der Waals surface area contributed by atoms with Gasteiger partial charge in [0.25, 0.3) is 12.3 Å². The number of rotatable bonds is 7. The van der Waals surface area contributed by atoms with Gasteiger partial charge in [0.1, 0.15) is 10.8 Å². The summed E-state index contributed by atoms with van der Waals surface area (Å²) >= 11 is 5.99. The molecule has 144 valence electrons. The number of halogens is 3. The van der Waals surface area contributed by atoms with Crippen molar-refractivity contribution >= 4 is 29.2 Å². The summed E-state index contributed by atoms with van der Waals surface area (Å²) < 4.78 is 29.2. The van der Waals surface area contributed by atoms with Crippen molar-refractivity contribution in [2.24, 2.45) is 0 Å². The highest BCUT2D eigenvalue weighted by atomic mass is 35.5. The van der Waals surface area contributed by atoms with E-state index < -0.39 is 25.0 Å². The van der Waals surface area contributed by atoms with Crippen molar-refractivity contribution in [3.05, 3.63) is 46.7 Å². The Bertz CT molecular complexity index is 836. The number of amides is 2. The Morgan fingerprint density at radius 2 is 2.04 bits per heavy atom. The van der Waals surface area contributed by atoms with Gasteiger partial charge in [-0.1, -0.05) is 11.6 Å². The van der Waals surface area contributed by atoms with E-state index in [-0.39, 0.29) is 22.6 Å². The second-order valence-electron chi connectivity index (χ2n) is 5.56. The molecule has 0 bridgehead atoms. The molecule has 0 aromatic carbocycles. The Morgan fingerprint density at radius 1 is 1.30 bits per heavy atom. The van der Waals surface area contributed by atoms with Gasteiger partial charge in [-0.2, -0.15) is 0 Å². The zero-order valence-electron chi connectivity index (χ0n) is 14.5. The van der Waals surface area contributed by atoms with Gasteiger partial charge < -0.3 is 15.4 Å². The lowest BCUT2D eigenvalue weighted by Crippen LogP contribution is -2.27. The van der Waals surface area contributed by atoms with E-state index in [2.05, 4.69) is 20.6 Å². The number of alkyl halides is 2. The summed E-state index contributed by atoms with van der Waals surface area (Å²) in [5.41, 5.74) is 0.866. The Kier molecular flexibility index (Phi) is 7.00. The SMILES string of the molecule is CC(=O)Nc1cc(C(=O)NC(C)c2cnc(OCC(F)F)c(Cl)c2)ccn1. The third-order valence-electron chi connectivity index (χ3n) is 3.35. The van der Waals surface area contributed by atoms with Gasteiger partial charge in [0.2, 0.25) is 11.8 Å². The lowest BCUT2D eigenvalue weighted by Gasteiger charge is -2.15. The molecule has 0 aliphatic rings. The Labute approximate surface area is 159 Å². The highest BCUT2D eigenvalue weighted by Gasteiger charge is 2.15. The van der Waals surface area contributed by atoms with Crippen molar-refractivity contribution in [1.82, 2.24) is 15.3 Å². The number of hydrogen-bond acceptors (Lipinski definition) is 5. The minimum atomic E-state index is -2.64. The van der Waals surface area contributed by atoms with Crippen molar-refractivity contribution < 1.29 is 23.1 Å². The van der Waals surface area contributed by atoms with E-state index in [0.29, 0.717) is 11.1 Å². The second kappa shape index (κ2) is 9.22. The number of hydrogen-bond donors (Lipinski definition) is 2. The van der Waals surface area contributed by atoms with Gasteiger partial charge >= 0.3 is 0 Å². The molecule has 0 fully saturated rings. The van der Waals surface area contributed by atoms with Gasteiger partial charge in [-0.25, -0.2) is 18.7 Å². The smallest absolute Gasteiger partial charge is 0.272 e. The van der Waals surface area contributed by atoms with Crippen LogP contribution in [0.3, 0.4) is 0 Å². The number of nitrogens with zero attached hydrogens (tertiary/aromatic N) is 2. The fourth-order valence-corrected chi connectivity index (χ4v) is 2.34. The largest absolute Gasteiger partial charge is 0.471 e. The molecule has 2 rings (SSSR count). The van der Waals surface area contributed by atoms with E-state index in [9.17, 15) is 18.4 Å². The number of anilines is 1. The van der Waals surface area contributed by atoms with Crippen LogP contribution in [0.5, 0.6) is 5.88 Å². The van der Waals surface area contributed by atoms with Gasteiger partial charge in [-0.3, -0.25) is 9.59 Å². The number of aromatic nitrogens is 2. The first-order valence-corrected chi connectivity index (χ1v) is 8.25. The molecule has 1 atom stereocenters. The molecule has 0 aliphatic heterocycles. The number of carbonyl (C=O) groups excluding carboxylic acids is 2. The summed E-state index contributed by atoms with van der Waals surface area (Å²) in [5, 5.41) is 5.31. The quantitative estimate of drug-likeness (QED) is 0.747. The van der Waals surface area contributed by atoms with Crippen LogP contribution in [0.15, 0.2) is 30.6 Å². The second-order valence-corrected chi connectivity index (χ2v) is 5.97. The lowest BCUT2D eigenvalue weighted by atomic mass is 10.1. The van der Waals surface area contributed by atoms with Gasteiger partial charge in [0, 0.05) is 24.9 Å². The molecule has 2 N–H and O–H groups in total. The van der Waals surface area contributed by atoms with Gasteiger partial charge in [0.15, 0.2) is 6.61 Å². The molecule has 2 aromatic heterocycles. The number of ether oxygens (including phenoxy) is 1. The number of pyridine rings is 2. The van der Waals surface area contributed by atoms with Crippen molar-refractivity contribution in [3.63, 3.8) is 0 Å². The first-order valence-electron chi connectivity index (χ1n) is 7.87. The Balaban J connectivity index is 2.06. The topological polar surface area (TPSA) is 93.2 Å². The first kappa shape index (κ1) is 20.5. The Morgan fingerprint density at radius 3 is 2.67 bits per heavy atom. The maximum Gasteiger partial charge on any atom is 0.272 e. The predicted molar refractivity (Wildman–Crippen MR) is 95.2 cm³/mol. The maximum absolute atomic E-state index is 12.4. The average Bonchev–Trinajstić information content (AvgIpc) is 2.60. The van der Waals surface area contributed by atoms with E-state index in [1.807, 2.05) is 0 Å². The molecular weight excluding hydrogens is 382 g/mol. The van der Waals surface area contributed by atoms with Gasteiger partial charge in [-0.05, 0) is 30.7 Å². The summed E-state index contributed by atoms with van der Waals surface area (Å²) in [6.07, 6.45) is 0.147. The number of nitrogens with one attached hydrogen (secondary N) is 2. The molecule has 0 aliphatic carbocycles. The third kappa shape index (κ3) is 6.14. The van der Waals surface area contributed by atoms with E-state index in [1.54, 1.807) is 6.92 Å². The van der Waals surface area contributed by atoms with Crippen LogP contribution in [0.4, 0.5) is 14.6 Å². The normalized spacial score (nSPS) is 11.8. The van der Waals surface area contributed by atoms with Crippen LogP contribution < -0.4 is 15.4 Å². The molecule has 0 saturated carbocycles. The van der Waals surface area contributed by atoms with Crippen LogP contribution in [0.2, 0.25) is 5.02 Å². The molecule has 10 heteroatoms. The Hall–Kier alpha value is -2.81. The highest BCUT2D eigenvalue weighted by Crippen LogP contribution is 2.25. The fraction of sp³-hybridized carbons (Fsp3) is 0.294. The van der Waals surface area contributed by atoms with Crippen LogP contribution in [-0.2, 0) is 4.79 Å². The van der Waals surface area contributed by atoms with E-state index >= 15 is 0 Å². The number of carbonyl (C=O) groups is 2. The van der Waals surface area contributed by atoms with E-state index in [0.717, 1.165) is 0 Å². The van der Waals surface area contributed by atoms with Crippen molar-refractivity contribution in [3.8, 4) is 5.88 Å². The average molecular weight is 399 g/mol. The molecule has 2 aromatic rings. The van der Waals surface area contributed by atoms with E-state index in [4.69, 9.17) is 16.3 Å². The first-order chi connectivity index (χ1) is 12.8. The molecule has 1 unspecified atom stereocenters. The van der Waals surface area contributed by atoms with Gasteiger partial charge in [0.05, 0.1) is 6.04 Å². The van der Waals surface area contributed by atoms with Crippen LogP contribution in [-0.4, -0.2) is 34.8 Å². The van der Waals surface area contributed by atoms with Crippen LogP contribution in [0.1, 0.15) is 35.8 Å². The highest BCUT2D eigenvalue weighted by molar-refractivity contribution is 6.31. The van der Waals surface area contributed by atoms with Crippen molar-refractivity contribution in [1.29, 1.82) is 0 Å². The molecule has 0 radical (unpaired) electrons.